The molecule has 0 saturated carbocycles. The van der Waals surface area contributed by atoms with Crippen molar-refractivity contribution in [1.29, 1.82) is 0 Å². The molecule has 0 aliphatic rings. The summed E-state index contributed by atoms with van der Waals surface area (Å²) in [6.45, 7) is 8.29. The lowest BCUT2D eigenvalue weighted by Crippen LogP contribution is -2.33. The predicted molar refractivity (Wildman–Crippen MR) is 71.6 cm³/mol. The average Bonchev–Trinajstić information content (AvgIpc) is 2.28. The number of ether oxygens (including phenoxy) is 2. The molecule has 0 aromatic carbocycles. The summed E-state index contributed by atoms with van der Waals surface area (Å²) < 4.78 is 10.4. The fourth-order valence-corrected chi connectivity index (χ4v) is 1.38. The molecule has 0 N–H and O–H groups in total. The zero-order valence-electron chi connectivity index (χ0n) is 12.2. The molecule has 0 bridgehead atoms. The molecule has 1 atom stereocenters. The van der Waals surface area contributed by atoms with Crippen LogP contribution in [0.2, 0.25) is 0 Å². The zero-order valence-corrected chi connectivity index (χ0v) is 12.2. The molecule has 0 spiro atoms. The number of nitrogens with zero attached hydrogens (tertiary/aromatic N) is 2. The topological polar surface area (TPSA) is 91.6 Å². The van der Waals surface area contributed by atoms with Gasteiger partial charge in [0, 0.05) is 6.92 Å². The first kappa shape index (κ1) is 15.9. The normalized spacial score (nSPS) is 12.7. The smallest absolute Gasteiger partial charge is 0.406 e. The molecule has 0 fully saturated rings. The van der Waals surface area contributed by atoms with Crippen LogP contribution >= 0.6 is 0 Å². The Bertz CT molecular complexity index is 522. The maximum absolute atomic E-state index is 11.8. The molecule has 0 aliphatic heterocycles. The van der Waals surface area contributed by atoms with Crippen molar-refractivity contribution in [2.75, 3.05) is 0 Å². The van der Waals surface area contributed by atoms with Crippen LogP contribution < -0.4 is 4.74 Å². The number of carbonyl (C=O) groups excluding carboxylic acids is 1. The van der Waals surface area contributed by atoms with E-state index in [2.05, 4.69) is 4.98 Å². The second kappa shape index (κ2) is 5.85. The van der Waals surface area contributed by atoms with Gasteiger partial charge >= 0.3 is 11.8 Å². The van der Waals surface area contributed by atoms with Gasteiger partial charge in [0.05, 0.1) is 0 Å². The molecule has 7 heteroatoms. The molecule has 0 aliphatic carbocycles. The van der Waals surface area contributed by atoms with Crippen molar-refractivity contribution in [3.8, 4) is 5.75 Å². The van der Waals surface area contributed by atoms with Gasteiger partial charge in [-0.05, 0) is 49.7 Å². The number of carbonyl (C=O) groups is 1. The summed E-state index contributed by atoms with van der Waals surface area (Å²) in [5.74, 6) is -1.06. The van der Waals surface area contributed by atoms with Crippen molar-refractivity contribution in [3.63, 3.8) is 0 Å². The fourth-order valence-electron chi connectivity index (χ4n) is 1.38. The summed E-state index contributed by atoms with van der Waals surface area (Å²) in [5, 5.41) is 10.9. The Hall–Kier alpha value is -2.18. The van der Waals surface area contributed by atoms with Crippen LogP contribution in [0.4, 0.5) is 5.82 Å². The Morgan fingerprint density at radius 2 is 2.00 bits per heavy atom. The lowest BCUT2D eigenvalue weighted by Gasteiger charge is -2.22. The Morgan fingerprint density at radius 3 is 2.50 bits per heavy atom. The van der Waals surface area contributed by atoms with Gasteiger partial charge in [-0.1, -0.05) is 0 Å². The van der Waals surface area contributed by atoms with Crippen LogP contribution in [0, 0.1) is 17.0 Å². The fraction of sp³-hybridized carbons (Fsp3) is 0.538. The molecule has 1 unspecified atom stereocenters. The monoisotopic (exact) mass is 282 g/mol. The van der Waals surface area contributed by atoms with Crippen LogP contribution in [0.25, 0.3) is 0 Å². The average molecular weight is 282 g/mol. The molecule has 1 aromatic rings. The van der Waals surface area contributed by atoms with Gasteiger partial charge in [-0.25, -0.2) is 4.79 Å². The van der Waals surface area contributed by atoms with Gasteiger partial charge in [0.25, 0.3) is 0 Å². The van der Waals surface area contributed by atoms with Crippen LogP contribution in [-0.4, -0.2) is 27.6 Å². The van der Waals surface area contributed by atoms with Crippen molar-refractivity contribution >= 4 is 11.8 Å². The first-order valence-electron chi connectivity index (χ1n) is 6.11. The minimum Gasteiger partial charge on any atom is -0.471 e. The highest BCUT2D eigenvalue weighted by atomic mass is 16.6. The largest absolute Gasteiger partial charge is 0.471 e. The predicted octanol–water partition coefficient (Wildman–Crippen LogP) is 2.41. The number of aryl methyl sites for hydroxylation is 1. The summed E-state index contributed by atoms with van der Waals surface area (Å²) in [7, 11) is 0. The lowest BCUT2D eigenvalue weighted by atomic mass is 10.2. The Kier molecular flexibility index (Phi) is 4.65. The third-order valence-corrected chi connectivity index (χ3v) is 2.19. The second-order valence-corrected chi connectivity index (χ2v) is 5.33. The van der Waals surface area contributed by atoms with Gasteiger partial charge in [0.1, 0.15) is 11.3 Å². The maximum Gasteiger partial charge on any atom is 0.406 e. The maximum atomic E-state index is 11.8. The van der Waals surface area contributed by atoms with Crippen LogP contribution in [-0.2, 0) is 9.53 Å². The molecule has 110 valence electrons. The van der Waals surface area contributed by atoms with Crippen molar-refractivity contribution in [1.82, 2.24) is 4.98 Å². The van der Waals surface area contributed by atoms with Crippen molar-refractivity contribution in [2.45, 2.75) is 46.3 Å². The van der Waals surface area contributed by atoms with Gasteiger partial charge in [-0.2, -0.15) is 0 Å². The van der Waals surface area contributed by atoms with E-state index in [1.54, 1.807) is 33.8 Å². The van der Waals surface area contributed by atoms with Crippen molar-refractivity contribution in [2.24, 2.45) is 0 Å². The molecular formula is C13H18N2O5. The van der Waals surface area contributed by atoms with E-state index in [-0.39, 0.29) is 5.75 Å². The van der Waals surface area contributed by atoms with E-state index in [0.717, 1.165) is 0 Å². The summed E-state index contributed by atoms with van der Waals surface area (Å²) in [5.41, 5.74) is -0.152. The third kappa shape index (κ3) is 4.49. The molecule has 20 heavy (non-hydrogen) atoms. The van der Waals surface area contributed by atoms with Crippen LogP contribution in [0.15, 0.2) is 12.1 Å². The molecule has 1 aromatic heterocycles. The molecule has 7 nitrogen and oxygen atoms in total. The lowest BCUT2D eigenvalue weighted by molar-refractivity contribution is -0.390. The third-order valence-electron chi connectivity index (χ3n) is 2.19. The number of rotatable bonds is 4. The van der Waals surface area contributed by atoms with Gasteiger partial charge in [-0.3, -0.25) is 0 Å². The molecule has 1 heterocycles. The number of hydrogen-bond acceptors (Lipinski definition) is 6. The van der Waals surface area contributed by atoms with Gasteiger partial charge in [-0.15, -0.1) is 0 Å². The summed E-state index contributed by atoms with van der Waals surface area (Å²) >= 11 is 0. The Labute approximate surface area is 117 Å². The molecule has 1 rings (SSSR count). The first-order valence-corrected chi connectivity index (χ1v) is 6.11. The number of aromatic nitrogens is 1. The highest BCUT2D eigenvalue weighted by Gasteiger charge is 2.26. The molecule has 0 amide bonds. The van der Waals surface area contributed by atoms with E-state index in [1.165, 1.54) is 13.0 Å². The SMILES string of the molecule is Cc1ccc(OC(C)C(=O)OC(C)(C)C)c([N+](=O)[O-])n1. The Morgan fingerprint density at radius 1 is 1.40 bits per heavy atom. The van der Waals surface area contributed by atoms with E-state index in [1.807, 2.05) is 0 Å². The summed E-state index contributed by atoms with van der Waals surface area (Å²) in [6.07, 6.45) is -0.961. The van der Waals surface area contributed by atoms with Gasteiger partial charge in [0.15, 0.2) is 6.10 Å². The van der Waals surface area contributed by atoms with E-state index in [9.17, 15) is 14.9 Å². The Balaban J connectivity index is 2.88. The number of esters is 1. The van der Waals surface area contributed by atoms with Gasteiger partial charge in [0.2, 0.25) is 5.75 Å². The van der Waals surface area contributed by atoms with Crippen molar-refractivity contribution < 1.29 is 19.2 Å². The number of pyridine rings is 1. The first-order chi connectivity index (χ1) is 9.10. The van der Waals surface area contributed by atoms with E-state index in [4.69, 9.17) is 9.47 Å². The van der Waals surface area contributed by atoms with E-state index < -0.39 is 28.4 Å². The molecular weight excluding hydrogens is 264 g/mol. The van der Waals surface area contributed by atoms with E-state index in [0.29, 0.717) is 5.69 Å². The second-order valence-electron chi connectivity index (χ2n) is 5.33. The number of nitro groups is 1. The zero-order chi connectivity index (χ0) is 15.5. The summed E-state index contributed by atoms with van der Waals surface area (Å²) in [4.78, 5) is 25.8. The molecule has 0 radical (unpaired) electrons. The minimum atomic E-state index is -0.961. The number of hydrogen-bond donors (Lipinski definition) is 0. The van der Waals surface area contributed by atoms with Gasteiger partial charge < -0.3 is 19.6 Å². The molecule has 0 saturated heterocycles. The summed E-state index contributed by atoms with van der Waals surface area (Å²) in [6, 6.07) is 2.99. The highest BCUT2D eigenvalue weighted by molar-refractivity contribution is 5.75. The van der Waals surface area contributed by atoms with Crippen LogP contribution in [0.1, 0.15) is 33.4 Å². The van der Waals surface area contributed by atoms with Crippen molar-refractivity contribution in [3.05, 3.63) is 27.9 Å². The minimum absolute atomic E-state index is 0.0565. The quantitative estimate of drug-likeness (QED) is 0.478. The van der Waals surface area contributed by atoms with Crippen LogP contribution in [0.3, 0.4) is 0 Å². The standard InChI is InChI=1S/C13H18N2O5/c1-8-6-7-10(11(14-8)15(17)18)19-9(2)12(16)20-13(3,4)5/h6-7,9H,1-5H3. The van der Waals surface area contributed by atoms with E-state index >= 15 is 0 Å². The van der Waals surface area contributed by atoms with Crippen LogP contribution in [0.5, 0.6) is 5.75 Å². The highest BCUT2D eigenvalue weighted by Crippen LogP contribution is 2.26.